The maximum absolute atomic E-state index is 13.0. The number of imidazole rings is 1. The number of amides is 1. The molecule has 0 atom stereocenters. The molecule has 0 aliphatic carbocycles. The Morgan fingerprint density at radius 2 is 1.96 bits per heavy atom. The zero-order valence-electron chi connectivity index (χ0n) is 16.2. The summed E-state index contributed by atoms with van der Waals surface area (Å²) in [6.07, 6.45) is 2.46. The second-order valence-corrected chi connectivity index (χ2v) is 7.79. The molecule has 1 N–H and O–H groups in total. The quantitative estimate of drug-likeness (QED) is 0.734. The molecule has 0 radical (unpaired) electrons. The molecule has 2 aliphatic rings. The minimum Gasteiger partial charge on any atom is -0.422 e. The van der Waals surface area contributed by atoms with Crippen LogP contribution in [0.4, 0.5) is 6.01 Å². The molecule has 146 valence electrons. The first-order valence-electron chi connectivity index (χ1n) is 9.89. The molecule has 8 nitrogen and oxygen atoms in total. The molecule has 5 heterocycles. The van der Waals surface area contributed by atoms with Crippen LogP contribution < -0.4 is 4.90 Å². The molecule has 1 saturated heterocycles. The van der Waals surface area contributed by atoms with Crippen molar-refractivity contribution >= 4 is 23.2 Å². The van der Waals surface area contributed by atoms with Crippen LogP contribution in [0.1, 0.15) is 35.7 Å². The number of nitrogens with one attached hydrogen (secondary N) is 1. The fourth-order valence-corrected chi connectivity index (χ4v) is 4.24. The van der Waals surface area contributed by atoms with Gasteiger partial charge >= 0.3 is 0 Å². The normalized spacial score (nSPS) is 17.9. The van der Waals surface area contributed by atoms with Crippen molar-refractivity contribution in [1.82, 2.24) is 24.8 Å². The Labute approximate surface area is 163 Å². The molecule has 0 unspecified atom stereocenters. The highest BCUT2D eigenvalue weighted by molar-refractivity contribution is 5.79. The zero-order chi connectivity index (χ0) is 19.3. The SMILES string of the molecule is Cc1ccc2oc(N3CCC(C(=O)N4CCc5nc(C)[nH]c5C4)CC3)nc2n1. The van der Waals surface area contributed by atoms with Gasteiger partial charge in [-0.05, 0) is 38.8 Å². The van der Waals surface area contributed by atoms with Crippen LogP contribution in [0, 0.1) is 19.8 Å². The lowest BCUT2D eigenvalue weighted by Gasteiger charge is -2.34. The molecule has 0 aromatic carbocycles. The van der Waals surface area contributed by atoms with Gasteiger partial charge in [0.2, 0.25) is 11.6 Å². The summed E-state index contributed by atoms with van der Waals surface area (Å²) in [6.45, 7) is 6.84. The van der Waals surface area contributed by atoms with Crippen LogP contribution in [0.3, 0.4) is 0 Å². The lowest BCUT2D eigenvalue weighted by atomic mass is 9.94. The van der Waals surface area contributed by atoms with Crippen molar-refractivity contribution in [3.05, 3.63) is 35.0 Å². The molecule has 8 heteroatoms. The predicted molar refractivity (Wildman–Crippen MR) is 104 cm³/mol. The maximum atomic E-state index is 13.0. The molecule has 1 amide bonds. The Bertz CT molecular complexity index is 1030. The number of pyridine rings is 1. The molecular formula is C20H24N6O2. The van der Waals surface area contributed by atoms with Crippen molar-refractivity contribution in [2.75, 3.05) is 24.5 Å². The van der Waals surface area contributed by atoms with E-state index in [1.165, 1.54) is 0 Å². The van der Waals surface area contributed by atoms with Crippen molar-refractivity contribution in [1.29, 1.82) is 0 Å². The van der Waals surface area contributed by atoms with E-state index < -0.39 is 0 Å². The van der Waals surface area contributed by atoms with Crippen LogP contribution >= 0.6 is 0 Å². The van der Waals surface area contributed by atoms with Gasteiger partial charge in [0, 0.05) is 37.7 Å². The lowest BCUT2D eigenvalue weighted by molar-refractivity contribution is -0.137. The van der Waals surface area contributed by atoms with Crippen LogP contribution in [0.15, 0.2) is 16.5 Å². The predicted octanol–water partition coefficient (Wildman–Crippen LogP) is 2.36. The van der Waals surface area contributed by atoms with Crippen LogP contribution in [0.5, 0.6) is 0 Å². The van der Waals surface area contributed by atoms with E-state index in [1.807, 2.05) is 30.9 Å². The average molecular weight is 380 g/mol. The molecule has 1 fully saturated rings. The number of anilines is 1. The highest BCUT2D eigenvalue weighted by Crippen LogP contribution is 2.28. The first-order valence-corrected chi connectivity index (χ1v) is 9.89. The van der Waals surface area contributed by atoms with Crippen molar-refractivity contribution in [2.24, 2.45) is 5.92 Å². The van der Waals surface area contributed by atoms with Gasteiger partial charge in [0.05, 0.1) is 17.9 Å². The topological polar surface area (TPSA) is 91.2 Å². The van der Waals surface area contributed by atoms with Crippen LogP contribution in [-0.2, 0) is 17.8 Å². The third-order valence-corrected chi connectivity index (χ3v) is 5.76. The van der Waals surface area contributed by atoms with E-state index in [0.717, 1.165) is 61.8 Å². The second-order valence-electron chi connectivity index (χ2n) is 7.79. The number of hydrogen-bond donors (Lipinski definition) is 1. The molecule has 5 rings (SSSR count). The average Bonchev–Trinajstić information content (AvgIpc) is 3.28. The van der Waals surface area contributed by atoms with Gasteiger partial charge in [-0.15, -0.1) is 0 Å². The Morgan fingerprint density at radius 3 is 2.79 bits per heavy atom. The molecule has 0 saturated carbocycles. The summed E-state index contributed by atoms with van der Waals surface area (Å²) < 4.78 is 5.86. The first kappa shape index (κ1) is 17.2. The van der Waals surface area contributed by atoms with E-state index in [-0.39, 0.29) is 11.8 Å². The van der Waals surface area contributed by atoms with E-state index >= 15 is 0 Å². The Hall–Kier alpha value is -2.90. The minimum absolute atomic E-state index is 0.0616. The molecule has 2 aliphatic heterocycles. The van der Waals surface area contributed by atoms with Gasteiger partial charge in [0.1, 0.15) is 5.82 Å². The number of piperidine rings is 1. The highest BCUT2D eigenvalue weighted by Gasteiger charge is 2.32. The van der Waals surface area contributed by atoms with Gasteiger partial charge in [-0.3, -0.25) is 4.79 Å². The van der Waals surface area contributed by atoms with E-state index in [9.17, 15) is 4.79 Å². The summed E-state index contributed by atoms with van der Waals surface area (Å²) in [5, 5.41) is 0. The largest absolute Gasteiger partial charge is 0.422 e. The standard InChI is InChI=1S/C20H24N6O2/c1-12-3-4-17-18(21-12)24-20(28-17)25-8-5-14(6-9-25)19(27)26-10-7-15-16(11-26)23-13(2)22-15/h3-4,14H,5-11H2,1-2H3,(H,22,23). The van der Waals surface area contributed by atoms with Gasteiger partial charge < -0.3 is 19.2 Å². The summed E-state index contributed by atoms with van der Waals surface area (Å²) in [7, 11) is 0. The van der Waals surface area contributed by atoms with Gasteiger partial charge in [0.15, 0.2) is 5.58 Å². The second kappa shape index (κ2) is 6.61. The number of aryl methyl sites for hydroxylation is 2. The van der Waals surface area contributed by atoms with E-state index in [4.69, 9.17) is 4.42 Å². The van der Waals surface area contributed by atoms with Crippen LogP contribution in [0.25, 0.3) is 11.2 Å². The minimum atomic E-state index is 0.0616. The van der Waals surface area contributed by atoms with Gasteiger partial charge in [-0.2, -0.15) is 4.98 Å². The van der Waals surface area contributed by atoms with E-state index in [1.54, 1.807) is 0 Å². The number of carbonyl (C=O) groups is 1. The van der Waals surface area contributed by atoms with Crippen LogP contribution in [-0.4, -0.2) is 50.4 Å². The number of carbonyl (C=O) groups excluding carboxylic acids is 1. The number of H-pyrrole nitrogens is 1. The molecule has 28 heavy (non-hydrogen) atoms. The Kier molecular flexibility index (Phi) is 4.07. The molecule has 0 spiro atoms. The van der Waals surface area contributed by atoms with E-state index in [2.05, 4.69) is 24.8 Å². The summed E-state index contributed by atoms with van der Waals surface area (Å²) in [5.74, 6) is 1.25. The lowest BCUT2D eigenvalue weighted by Crippen LogP contribution is -2.44. The zero-order valence-corrected chi connectivity index (χ0v) is 16.2. The number of rotatable bonds is 2. The Balaban J connectivity index is 1.23. The fourth-order valence-electron chi connectivity index (χ4n) is 4.24. The number of hydrogen-bond acceptors (Lipinski definition) is 6. The fraction of sp³-hybridized carbons (Fsp3) is 0.500. The third kappa shape index (κ3) is 3.02. The summed E-state index contributed by atoms with van der Waals surface area (Å²) in [6, 6.07) is 4.44. The summed E-state index contributed by atoms with van der Waals surface area (Å²) in [4.78, 5) is 33.8. The van der Waals surface area contributed by atoms with Crippen molar-refractivity contribution < 1.29 is 9.21 Å². The van der Waals surface area contributed by atoms with Crippen molar-refractivity contribution in [2.45, 2.75) is 39.7 Å². The van der Waals surface area contributed by atoms with Crippen molar-refractivity contribution in [3.63, 3.8) is 0 Å². The molecule has 3 aromatic heterocycles. The summed E-state index contributed by atoms with van der Waals surface area (Å²) >= 11 is 0. The number of fused-ring (bicyclic) bond motifs is 2. The molecule has 0 bridgehead atoms. The highest BCUT2D eigenvalue weighted by atomic mass is 16.4. The number of nitrogens with zero attached hydrogens (tertiary/aromatic N) is 5. The van der Waals surface area contributed by atoms with E-state index in [0.29, 0.717) is 23.8 Å². The van der Waals surface area contributed by atoms with Crippen molar-refractivity contribution in [3.8, 4) is 0 Å². The summed E-state index contributed by atoms with van der Waals surface area (Å²) in [5.41, 5.74) is 4.47. The van der Waals surface area contributed by atoms with Gasteiger partial charge in [-0.1, -0.05) is 0 Å². The first-order chi connectivity index (χ1) is 13.6. The Morgan fingerprint density at radius 1 is 1.14 bits per heavy atom. The smallest absolute Gasteiger partial charge is 0.299 e. The molecular weight excluding hydrogens is 356 g/mol. The van der Waals surface area contributed by atoms with Crippen LogP contribution in [0.2, 0.25) is 0 Å². The number of oxazole rings is 1. The molecule has 3 aromatic rings. The van der Waals surface area contributed by atoms with Gasteiger partial charge in [0.25, 0.3) is 6.01 Å². The number of aromatic amines is 1. The van der Waals surface area contributed by atoms with Gasteiger partial charge in [-0.25, -0.2) is 9.97 Å². The number of aromatic nitrogens is 4. The monoisotopic (exact) mass is 380 g/mol. The maximum Gasteiger partial charge on any atom is 0.299 e. The third-order valence-electron chi connectivity index (χ3n) is 5.76.